The Bertz CT molecular complexity index is 642. The topological polar surface area (TPSA) is 32.3 Å². The Morgan fingerprint density at radius 3 is 2.76 bits per heavy atom. The van der Waals surface area contributed by atoms with Gasteiger partial charge in [-0.05, 0) is 36.6 Å². The van der Waals surface area contributed by atoms with Gasteiger partial charge in [0, 0.05) is 11.6 Å². The molecule has 0 saturated carbocycles. The van der Waals surface area contributed by atoms with Crippen molar-refractivity contribution in [3.8, 4) is 0 Å². The van der Waals surface area contributed by atoms with Crippen molar-refractivity contribution < 1.29 is 4.79 Å². The summed E-state index contributed by atoms with van der Waals surface area (Å²) in [5.74, 6) is 0.109. The molecule has 1 aliphatic rings. The lowest BCUT2D eigenvalue weighted by atomic mass is 10.1. The van der Waals surface area contributed by atoms with Gasteiger partial charge in [-0.25, -0.2) is 0 Å². The molecule has 0 fully saturated rings. The number of aryl methyl sites for hydroxylation is 1. The van der Waals surface area contributed by atoms with Gasteiger partial charge >= 0.3 is 0 Å². The molecule has 2 aromatic rings. The van der Waals surface area contributed by atoms with E-state index in [0.29, 0.717) is 11.6 Å². The fraction of sp³-hybridized carbons (Fsp3) is 0.235. The molecule has 0 unspecified atom stereocenters. The minimum atomic E-state index is 0.109. The maximum atomic E-state index is 12.1. The SMILES string of the molecule is O=C1CNc2cc(Cl)ccc2N1CCCc1ccccc1. The molecule has 1 aliphatic heterocycles. The number of rotatable bonds is 4. The molecule has 1 N–H and O–H groups in total. The van der Waals surface area contributed by atoms with Crippen LogP contribution in [0.4, 0.5) is 11.4 Å². The predicted molar refractivity (Wildman–Crippen MR) is 87.1 cm³/mol. The highest BCUT2D eigenvalue weighted by Crippen LogP contribution is 2.32. The normalized spacial score (nSPS) is 13.8. The van der Waals surface area contributed by atoms with Crippen LogP contribution in [0.2, 0.25) is 5.02 Å². The van der Waals surface area contributed by atoms with E-state index in [1.807, 2.05) is 41.3 Å². The summed E-state index contributed by atoms with van der Waals surface area (Å²) in [5.41, 5.74) is 3.15. The number of benzene rings is 2. The smallest absolute Gasteiger partial charge is 0.246 e. The maximum Gasteiger partial charge on any atom is 0.246 e. The van der Waals surface area contributed by atoms with Crippen LogP contribution in [0.15, 0.2) is 48.5 Å². The second-order valence-electron chi connectivity index (χ2n) is 5.15. The molecule has 3 rings (SSSR count). The Hall–Kier alpha value is -2.00. The van der Waals surface area contributed by atoms with E-state index in [1.54, 1.807) is 0 Å². The van der Waals surface area contributed by atoms with Gasteiger partial charge in [0.05, 0.1) is 17.9 Å². The molecule has 0 spiro atoms. The van der Waals surface area contributed by atoms with E-state index in [2.05, 4.69) is 17.4 Å². The predicted octanol–water partition coefficient (Wildman–Crippen LogP) is 3.73. The monoisotopic (exact) mass is 300 g/mol. The third-order valence-corrected chi connectivity index (χ3v) is 3.91. The summed E-state index contributed by atoms with van der Waals surface area (Å²) in [4.78, 5) is 14.0. The molecule has 0 aliphatic carbocycles. The zero-order valence-corrected chi connectivity index (χ0v) is 12.4. The van der Waals surface area contributed by atoms with Crippen LogP contribution in [0.5, 0.6) is 0 Å². The highest BCUT2D eigenvalue weighted by molar-refractivity contribution is 6.31. The van der Waals surface area contributed by atoms with E-state index >= 15 is 0 Å². The van der Waals surface area contributed by atoms with Crippen molar-refractivity contribution in [2.45, 2.75) is 12.8 Å². The number of nitrogens with one attached hydrogen (secondary N) is 1. The van der Waals surface area contributed by atoms with E-state index < -0.39 is 0 Å². The second-order valence-corrected chi connectivity index (χ2v) is 5.59. The van der Waals surface area contributed by atoms with Crippen molar-refractivity contribution >= 4 is 28.9 Å². The molecular weight excluding hydrogens is 284 g/mol. The molecule has 0 aromatic heterocycles. The van der Waals surface area contributed by atoms with Gasteiger partial charge < -0.3 is 10.2 Å². The molecule has 1 amide bonds. The number of carbonyl (C=O) groups is 1. The number of amides is 1. The van der Waals surface area contributed by atoms with Gasteiger partial charge in [0.2, 0.25) is 5.91 Å². The number of fused-ring (bicyclic) bond motifs is 1. The van der Waals surface area contributed by atoms with Crippen LogP contribution >= 0.6 is 11.6 Å². The molecule has 0 radical (unpaired) electrons. The first-order valence-corrected chi connectivity index (χ1v) is 7.49. The summed E-state index contributed by atoms with van der Waals surface area (Å²) < 4.78 is 0. The van der Waals surface area contributed by atoms with Crippen molar-refractivity contribution in [3.05, 3.63) is 59.1 Å². The van der Waals surface area contributed by atoms with Crippen LogP contribution in [0.25, 0.3) is 0 Å². The van der Waals surface area contributed by atoms with Gasteiger partial charge in [0.1, 0.15) is 0 Å². The summed E-state index contributed by atoms with van der Waals surface area (Å²) in [7, 11) is 0. The first-order valence-electron chi connectivity index (χ1n) is 7.12. The van der Waals surface area contributed by atoms with Crippen LogP contribution in [0, 0.1) is 0 Å². The molecule has 21 heavy (non-hydrogen) atoms. The maximum absolute atomic E-state index is 12.1. The molecule has 2 aromatic carbocycles. The van der Waals surface area contributed by atoms with E-state index in [-0.39, 0.29) is 5.91 Å². The average molecular weight is 301 g/mol. The van der Waals surface area contributed by atoms with Crippen molar-refractivity contribution in [1.82, 2.24) is 0 Å². The minimum absolute atomic E-state index is 0.109. The molecular formula is C17H17ClN2O. The van der Waals surface area contributed by atoms with Crippen molar-refractivity contribution in [3.63, 3.8) is 0 Å². The lowest BCUT2D eigenvalue weighted by Crippen LogP contribution is -2.40. The highest BCUT2D eigenvalue weighted by atomic mass is 35.5. The fourth-order valence-electron chi connectivity index (χ4n) is 2.62. The zero-order valence-electron chi connectivity index (χ0n) is 11.7. The average Bonchev–Trinajstić information content (AvgIpc) is 2.50. The van der Waals surface area contributed by atoms with Gasteiger partial charge in [-0.3, -0.25) is 4.79 Å². The van der Waals surface area contributed by atoms with E-state index in [4.69, 9.17) is 11.6 Å². The number of hydrogen-bond donors (Lipinski definition) is 1. The summed E-state index contributed by atoms with van der Waals surface area (Å²) in [6.45, 7) is 1.06. The Morgan fingerprint density at radius 2 is 1.95 bits per heavy atom. The summed E-state index contributed by atoms with van der Waals surface area (Å²) in [6.07, 6.45) is 1.92. The van der Waals surface area contributed by atoms with Crippen LogP contribution in [-0.4, -0.2) is 19.0 Å². The lowest BCUT2D eigenvalue weighted by Gasteiger charge is -2.30. The van der Waals surface area contributed by atoms with Crippen LogP contribution in [0.1, 0.15) is 12.0 Å². The fourth-order valence-corrected chi connectivity index (χ4v) is 2.79. The number of nitrogens with zero attached hydrogens (tertiary/aromatic N) is 1. The largest absolute Gasteiger partial charge is 0.374 e. The van der Waals surface area contributed by atoms with Gasteiger partial charge in [0.25, 0.3) is 0 Å². The standard InChI is InChI=1S/C17H17ClN2O/c18-14-8-9-16-15(11-14)19-12-17(21)20(16)10-4-7-13-5-2-1-3-6-13/h1-3,5-6,8-9,11,19H,4,7,10,12H2. The number of anilines is 2. The molecule has 108 valence electrons. The zero-order chi connectivity index (χ0) is 14.7. The van der Waals surface area contributed by atoms with Crippen LogP contribution < -0.4 is 10.2 Å². The van der Waals surface area contributed by atoms with Crippen molar-refractivity contribution in [1.29, 1.82) is 0 Å². The van der Waals surface area contributed by atoms with E-state index in [1.165, 1.54) is 5.56 Å². The number of hydrogen-bond acceptors (Lipinski definition) is 2. The molecule has 3 nitrogen and oxygen atoms in total. The third-order valence-electron chi connectivity index (χ3n) is 3.67. The Morgan fingerprint density at radius 1 is 1.14 bits per heavy atom. The number of carbonyl (C=O) groups excluding carboxylic acids is 1. The number of halogens is 1. The summed E-state index contributed by atoms with van der Waals surface area (Å²) in [6, 6.07) is 15.9. The third kappa shape index (κ3) is 3.19. The van der Waals surface area contributed by atoms with Gasteiger partial charge in [0.15, 0.2) is 0 Å². The van der Waals surface area contributed by atoms with Crippen molar-refractivity contribution in [2.75, 3.05) is 23.3 Å². The lowest BCUT2D eigenvalue weighted by molar-refractivity contribution is -0.117. The highest BCUT2D eigenvalue weighted by Gasteiger charge is 2.23. The molecule has 0 saturated heterocycles. The van der Waals surface area contributed by atoms with Crippen LogP contribution in [0.3, 0.4) is 0 Å². The molecule has 1 heterocycles. The summed E-state index contributed by atoms with van der Waals surface area (Å²) >= 11 is 6.00. The van der Waals surface area contributed by atoms with Gasteiger partial charge in [-0.1, -0.05) is 41.9 Å². The second kappa shape index (κ2) is 6.19. The van der Waals surface area contributed by atoms with Crippen molar-refractivity contribution in [2.24, 2.45) is 0 Å². The first kappa shape index (κ1) is 14.0. The van der Waals surface area contributed by atoms with Crippen LogP contribution in [-0.2, 0) is 11.2 Å². The summed E-state index contributed by atoms with van der Waals surface area (Å²) in [5, 5.41) is 3.80. The Kier molecular flexibility index (Phi) is 4.11. The molecule has 0 bridgehead atoms. The van der Waals surface area contributed by atoms with E-state index in [9.17, 15) is 4.79 Å². The molecule has 4 heteroatoms. The quantitative estimate of drug-likeness (QED) is 0.933. The minimum Gasteiger partial charge on any atom is -0.374 e. The first-order chi connectivity index (χ1) is 10.2. The van der Waals surface area contributed by atoms with Gasteiger partial charge in [-0.2, -0.15) is 0 Å². The Labute approximate surface area is 129 Å². The Balaban J connectivity index is 1.69. The van der Waals surface area contributed by atoms with E-state index in [0.717, 1.165) is 30.8 Å². The molecule has 0 atom stereocenters. The van der Waals surface area contributed by atoms with Gasteiger partial charge in [-0.15, -0.1) is 0 Å².